The van der Waals surface area contributed by atoms with E-state index in [1.165, 1.54) is 18.2 Å². The number of carbonyl (C=O) groups excluding carboxylic acids is 2. The Hall–Kier alpha value is -3.47. The first-order valence-corrected chi connectivity index (χ1v) is 8.83. The summed E-state index contributed by atoms with van der Waals surface area (Å²) in [6.07, 6.45) is -1.17. The zero-order valence-corrected chi connectivity index (χ0v) is 15.6. The lowest BCUT2D eigenvalue weighted by molar-refractivity contribution is -0.125. The molecule has 1 atom stereocenters. The summed E-state index contributed by atoms with van der Waals surface area (Å²) in [5.41, 5.74) is 3.10. The second kappa shape index (κ2) is 8.48. The van der Waals surface area contributed by atoms with Crippen LogP contribution in [-0.4, -0.2) is 11.9 Å². The topological polar surface area (TPSA) is 55.4 Å². The number of amides is 1. The van der Waals surface area contributed by atoms with E-state index >= 15 is 0 Å². The predicted molar refractivity (Wildman–Crippen MR) is 106 cm³/mol. The van der Waals surface area contributed by atoms with Gasteiger partial charge in [0.1, 0.15) is 5.82 Å². The first kappa shape index (κ1) is 19.3. The summed E-state index contributed by atoms with van der Waals surface area (Å²) in [5, 5.41) is 2.83. The highest BCUT2D eigenvalue weighted by atomic mass is 19.1. The molecule has 28 heavy (non-hydrogen) atoms. The minimum Gasteiger partial charge on any atom is -0.444 e. The van der Waals surface area contributed by atoms with Crippen molar-refractivity contribution in [3.05, 3.63) is 101 Å². The SMILES string of the molecule is Cc1ccc(C)c(NC(=O)C(OC(=O)c2cccc(F)c2)c2ccccc2)c1. The largest absolute Gasteiger partial charge is 0.444 e. The summed E-state index contributed by atoms with van der Waals surface area (Å²) in [6.45, 7) is 3.80. The van der Waals surface area contributed by atoms with Gasteiger partial charge in [-0.1, -0.05) is 48.5 Å². The number of hydrogen-bond acceptors (Lipinski definition) is 3. The second-order valence-corrected chi connectivity index (χ2v) is 6.51. The average molecular weight is 377 g/mol. The molecule has 0 aliphatic carbocycles. The highest BCUT2D eigenvalue weighted by Crippen LogP contribution is 2.24. The predicted octanol–water partition coefficient (Wildman–Crippen LogP) is 4.98. The van der Waals surface area contributed by atoms with E-state index in [0.717, 1.165) is 17.2 Å². The molecular weight excluding hydrogens is 357 g/mol. The van der Waals surface area contributed by atoms with Crippen LogP contribution in [0.25, 0.3) is 0 Å². The summed E-state index contributed by atoms with van der Waals surface area (Å²) >= 11 is 0. The van der Waals surface area contributed by atoms with Crippen molar-refractivity contribution in [2.75, 3.05) is 5.32 Å². The van der Waals surface area contributed by atoms with Gasteiger partial charge in [0.05, 0.1) is 5.56 Å². The fraction of sp³-hybridized carbons (Fsp3) is 0.130. The fourth-order valence-electron chi connectivity index (χ4n) is 2.76. The molecule has 0 spiro atoms. The molecule has 0 heterocycles. The highest BCUT2D eigenvalue weighted by Gasteiger charge is 2.26. The van der Waals surface area contributed by atoms with Crippen molar-refractivity contribution in [3.63, 3.8) is 0 Å². The van der Waals surface area contributed by atoms with Crippen LogP contribution in [0.2, 0.25) is 0 Å². The normalized spacial score (nSPS) is 11.5. The van der Waals surface area contributed by atoms with E-state index < -0.39 is 23.8 Å². The van der Waals surface area contributed by atoms with Crippen molar-refractivity contribution in [2.24, 2.45) is 0 Å². The van der Waals surface area contributed by atoms with Crippen LogP contribution in [0.1, 0.15) is 33.2 Å². The molecule has 3 rings (SSSR count). The molecule has 1 N–H and O–H groups in total. The van der Waals surface area contributed by atoms with Crippen molar-refractivity contribution in [1.29, 1.82) is 0 Å². The number of hydrogen-bond donors (Lipinski definition) is 1. The van der Waals surface area contributed by atoms with E-state index in [0.29, 0.717) is 11.3 Å². The molecule has 5 heteroatoms. The number of aryl methyl sites for hydroxylation is 2. The van der Waals surface area contributed by atoms with Gasteiger partial charge in [0.15, 0.2) is 0 Å². The summed E-state index contributed by atoms with van der Waals surface area (Å²) in [7, 11) is 0. The van der Waals surface area contributed by atoms with Crippen LogP contribution >= 0.6 is 0 Å². The third kappa shape index (κ3) is 4.62. The third-order valence-corrected chi connectivity index (χ3v) is 4.28. The van der Waals surface area contributed by atoms with Crippen LogP contribution in [0.3, 0.4) is 0 Å². The van der Waals surface area contributed by atoms with E-state index in [9.17, 15) is 14.0 Å². The Bertz CT molecular complexity index is 1000. The van der Waals surface area contributed by atoms with Crippen LogP contribution in [0, 0.1) is 19.7 Å². The monoisotopic (exact) mass is 377 g/mol. The highest BCUT2D eigenvalue weighted by molar-refractivity contribution is 5.98. The number of ether oxygens (including phenoxy) is 1. The lowest BCUT2D eigenvalue weighted by Crippen LogP contribution is -2.26. The molecule has 0 saturated heterocycles. The number of anilines is 1. The van der Waals surface area contributed by atoms with Gasteiger partial charge >= 0.3 is 5.97 Å². The first-order chi connectivity index (χ1) is 13.4. The molecule has 4 nitrogen and oxygen atoms in total. The van der Waals surface area contributed by atoms with Crippen molar-refractivity contribution < 1.29 is 18.7 Å². The van der Waals surface area contributed by atoms with Crippen molar-refractivity contribution in [1.82, 2.24) is 0 Å². The molecule has 0 saturated carbocycles. The molecule has 3 aromatic rings. The molecule has 1 amide bonds. The van der Waals surface area contributed by atoms with Gasteiger partial charge in [-0.15, -0.1) is 0 Å². The fourth-order valence-corrected chi connectivity index (χ4v) is 2.76. The molecule has 0 bridgehead atoms. The smallest absolute Gasteiger partial charge is 0.339 e. The maximum Gasteiger partial charge on any atom is 0.339 e. The Morgan fingerprint density at radius 3 is 2.39 bits per heavy atom. The Kier molecular flexibility index (Phi) is 5.84. The van der Waals surface area contributed by atoms with Gasteiger partial charge in [0.2, 0.25) is 6.10 Å². The molecule has 0 radical (unpaired) electrons. The Morgan fingerprint density at radius 1 is 0.929 bits per heavy atom. The molecule has 0 aromatic heterocycles. The number of rotatable bonds is 5. The zero-order valence-electron chi connectivity index (χ0n) is 15.6. The Balaban J connectivity index is 1.88. The summed E-state index contributed by atoms with van der Waals surface area (Å²) in [4.78, 5) is 25.4. The average Bonchev–Trinajstić information content (AvgIpc) is 2.69. The first-order valence-electron chi connectivity index (χ1n) is 8.83. The second-order valence-electron chi connectivity index (χ2n) is 6.51. The number of nitrogens with one attached hydrogen (secondary N) is 1. The van der Waals surface area contributed by atoms with Gasteiger partial charge in [0.25, 0.3) is 5.91 Å². The molecular formula is C23H20FNO3. The van der Waals surface area contributed by atoms with E-state index in [1.54, 1.807) is 30.3 Å². The number of esters is 1. The summed E-state index contributed by atoms with van der Waals surface area (Å²) in [6, 6.07) is 19.6. The standard InChI is InChI=1S/C23H20FNO3/c1-15-11-12-16(2)20(13-15)25-22(26)21(17-7-4-3-5-8-17)28-23(27)18-9-6-10-19(24)14-18/h3-14,21H,1-2H3,(H,25,26). The van der Waals surface area contributed by atoms with Crippen LogP contribution in [0.4, 0.5) is 10.1 Å². The minimum absolute atomic E-state index is 0.0421. The van der Waals surface area contributed by atoms with Crippen molar-refractivity contribution >= 4 is 17.6 Å². The van der Waals surface area contributed by atoms with Gasteiger partial charge in [-0.3, -0.25) is 4.79 Å². The van der Waals surface area contributed by atoms with E-state index in [2.05, 4.69) is 5.32 Å². The molecule has 0 fully saturated rings. The summed E-state index contributed by atoms with van der Waals surface area (Å²) in [5.74, 6) is -1.81. The Morgan fingerprint density at radius 2 is 1.68 bits per heavy atom. The molecule has 1 unspecified atom stereocenters. The van der Waals surface area contributed by atoms with Gasteiger partial charge in [-0.05, 0) is 49.2 Å². The maximum absolute atomic E-state index is 13.4. The zero-order chi connectivity index (χ0) is 20.1. The molecule has 3 aromatic carbocycles. The maximum atomic E-state index is 13.4. The van der Waals surface area contributed by atoms with Gasteiger partial charge in [-0.25, -0.2) is 9.18 Å². The van der Waals surface area contributed by atoms with Crippen LogP contribution in [0.15, 0.2) is 72.8 Å². The van der Waals surface area contributed by atoms with Crippen LogP contribution in [0.5, 0.6) is 0 Å². The Labute approximate surface area is 163 Å². The number of carbonyl (C=O) groups is 2. The van der Waals surface area contributed by atoms with E-state index in [4.69, 9.17) is 4.74 Å². The van der Waals surface area contributed by atoms with Gasteiger partial charge in [0, 0.05) is 11.3 Å². The lowest BCUT2D eigenvalue weighted by Gasteiger charge is -2.19. The number of halogens is 1. The molecule has 0 aliphatic heterocycles. The van der Waals surface area contributed by atoms with Gasteiger partial charge < -0.3 is 10.1 Å². The molecule has 142 valence electrons. The molecule has 0 aliphatic rings. The number of benzene rings is 3. The van der Waals surface area contributed by atoms with E-state index in [1.807, 2.05) is 32.0 Å². The lowest BCUT2D eigenvalue weighted by atomic mass is 10.1. The van der Waals surface area contributed by atoms with Crippen LogP contribution < -0.4 is 5.32 Å². The minimum atomic E-state index is -1.17. The van der Waals surface area contributed by atoms with Gasteiger partial charge in [-0.2, -0.15) is 0 Å². The summed E-state index contributed by atoms with van der Waals surface area (Å²) < 4.78 is 18.9. The van der Waals surface area contributed by atoms with Crippen LogP contribution in [-0.2, 0) is 9.53 Å². The van der Waals surface area contributed by atoms with Crippen molar-refractivity contribution in [3.8, 4) is 0 Å². The quantitative estimate of drug-likeness (QED) is 0.638. The van der Waals surface area contributed by atoms with E-state index in [-0.39, 0.29) is 5.56 Å². The van der Waals surface area contributed by atoms with Crippen molar-refractivity contribution in [2.45, 2.75) is 20.0 Å². The third-order valence-electron chi connectivity index (χ3n) is 4.28.